The van der Waals surface area contributed by atoms with Crippen molar-refractivity contribution in [2.24, 2.45) is 5.73 Å². The van der Waals surface area contributed by atoms with Gasteiger partial charge in [0.2, 0.25) is 5.91 Å². The Bertz CT molecular complexity index is 209. The highest BCUT2D eigenvalue weighted by Crippen LogP contribution is 2.38. The Labute approximate surface area is 91.8 Å². The average Bonchev–Trinajstić information content (AvgIpc) is 2.19. The van der Waals surface area contributed by atoms with Crippen LogP contribution in [0.3, 0.4) is 0 Å². The fourth-order valence-electron chi connectivity index (χ4n) is 2.03. The molecule has 0 radical (unpaired) electrons. The number of carbonyl (C=O) groups excluding carboxylic acids is 1. The van der Waals surface area contributed by atoms with Gasteiger partial charge in [-0.25, -0.2) is 0 Å². The highest BCUT2D eigenvalue weighted by Gasteiger charge is 2.39. The first kappa shape index (κ1) is 12.5. The maximum Gasteiger partial charge on any atom is 0.225 e. The maximum atomic E-state index is 11.9. The first-order valence-corrected chi connectivity index (χ1v) is 5.70. The molecule has 0 aromatic rings. The number of hydrogen-bond acceptors (Lipinski definition) is 3. The van der Waals surface area contributed by atoms with Gasteiger partial charge in [-0.1, -0.05) is 0 Å². The van der Waals surface area contributed by atoms with Gasteiger partial charge in [0.25, 0.3) is 0 Å². The molecule has 15 heavy (non-hydrogen) atoms. The standard InChI is InChI=1S/C11H22N2O2/c1-3-13(8-7-12)10(14)9-11(15-2)5-4-6-11/h3-9,12H2,1-2H3. The zero-order valence-electron chi connectivity index (χ0n) is 9.79. The lowest BCUT2D eigenvalue weighted by Gasteiger charge is -2.41. The van der Waals surface area contributed by atoms with E-state index < -0.39 is 0 Å². The van der Waals surface area contributed by atoms with Gasteiger partial charge in [0.05, 0.1) is 12.0 Å². The van der Waals surface area contributed by atoms with E-state index in [1.165, 1.54) is 6.42 Å². The molecule has 4 heteroatoms. The van der Waals surface area contributed by atoms with Crippen LogP contribution in [-0.4, -0.2) is 43.2 Å². The minimum Gasteiger partial charge on any atom is -0.378 e. The van der Waals surface area contributed by atoms with E-state index in [0.29, 0.717) is 19.5 Å². The molecule has 0 heterocycles. The van der Waals surface area contributed by atoms with Crippen molar-refractivity contribution in [3.05, 3.63) is 0 Å². The van der Waals surface area contributed by atoms with Crippen molar-refractivity contribution in [1.82, 2.24) is 4.90 Å². The first-order chi connectivity index (χ1) is 7.17. The van der Waals surface area contributed by atoms with E-state index in [1.807, 2.05) is 6.92 Å². The summed E-state index contributed by atoms with van der Waals surface area (Å²) in [4.78, 5) is 13.7. The molecule has 0 unspecified atom stereocenters. The summed E-state index contributed by atoms with van der Waals surface area (Å²) in [6.45, 7) is 3.89. The summed E-state index contributed by atoms with van der Waals surface area (Å²) in [6.07, 6.45) is 3.70. The number of ether oxygens (including phenoxy) is 1. The number of nitrogens with zero attached hydrogens (tertiary/aromatic N) is 1. The maximum absolute atomic E-state index is 11.9. The zero-order valence-corrected chi connectivity index (χ0v) is 9.79. The van der Waals surface area contributed by atoms with E-state index in [0.717, 1.165) is 19.4 Å². The third-order valence-corrected chi connectivity index (χ3v) is 3.30. The van der Waals surface area contributed by atoms with Crippen molar-refractivity contribution in [2.75, 3.05) is 26.7 Å². The Morgan fingerprint density at radius 1 is 1.53 bits per heavy atom. The lowest BCUT2D eigenvalue weighted by Crippen LogP contribution is -2.46. The van der Waals surface area contributed by atoms with Crippen molar-refractivity contribution < 1.29 is 9.53 Å². The van der Waals surface area contributed by atoms with Crippen LogP contribution in [0, 0.1) is 0 Å². The lowest BCUT2D eigenvalue weighted by atomic mass is 9.77. The largest absolute Gasteiger partial charge is 0.378 e. The summed E-state index contributed by atoms with van der Waals surface area (Å²) < 4.78 is 5.44. The van der Waals surface area contributed by atoms with Crippen LogP contribution in [0.5, 0.6) is 0 Å². The van der Waals surface area contributed by atoms with Gasteiger partial charge in [-0.3, -0.25) is 4.79 Å². The highest BCUT2D eigenvalue weighted by molar-refractivity contribution is 5.77. The average molecular weight is 214 g/mol. The smallest absolute Gasteiger partial charge is 0.225 e. The molecule has 0 saturated heterocycles. The molecule has 1 amide bonds. The second-order valence-corrected chi connectivity index (χ2v) is 4.18. The molecule has 1 fully saturated rings. The SMILES string of the molecule is CCN(CCN)C(=O)CC1(OC)CCC1. The summed E-state index contributed by atoms with van der Waals surface area (Å²) in [7, 11) is 1.70. The monoisotopic (exact) mass is 214 g/mol. The Morgan fingerprint density at radius 3 is 2.53 bits per heavy atom. The topological polar surface area (TPSA) is 55.6 Å². The van der Waals surface area contributed by atoms with Gasteiger partial charge in [0, 0.05) is 26.7 Å². The molecule has 1 aliphatic rings. The van der Waals surface area contributed by atoms with Gasteiger partial charge >= 0.3 is 0 Å². The molecule has 2 N–H and O–H groups in total. The van der Waals surface area contributed by atoms with Gasteiger partial charge in [-0.15, -0.1) is 0 Å². The summed E-state index contributed by atoms with van der Waals surface area (Å²) in [5.74, 6) is 0.171. The molecule has 0 spiro atoms. The molecule has 0 aromatic heterocycles. The molecule has 0 bridgehead atoms. The molecular formula is C11H22N2O2. The van der Waals surface area contributed by atoms with Gasteiger partial charge < -0.3 is 15.4 Å². The predicted molar refractivity (Wildman–Crippen MR) is 59.5 cm³/mol. The lowest BCUT2D eigenvalue weighted by molar-refractivity contribution is -0.143. The van der Waals surface area contributed by atoms with Crippen LogP contribution in [0.15, 0.2) is 0 Å². The number of likely N-dealkylation sites (N-methyl/N-ethyl adjacent to an activating group) is 1. The summed E-state index contributed by atoms with van der Waals surface area (Å²) >= 11 is 0. The molecule has 0 aliphatic heterocycles. The van der Waals surface area contributed by atoms with Crippen LogP contribution in [0.2, 0.25) is 0 Å². The Kier molecular flexibility index (Phi) is 4.54. The van der Waals surface area contributed by atoms with Gasteiger partial charge in [-0.05, 0) is 26.2 Å². The van der Waals surface area contributed by atoms with Crippen molar-refractivity contribution in [3.8, 4) is 0 Å². The number of methoxy groups -OCH3 is 1. The van der Waals surface area contributed by atoms with Crippen molar-refractivity contribution in [2.45, 2.75) is 38.2 Å². The van der Waals surface area contributed by atoms with Crippen LogP contribution >= 0.6 is 0 Å². The summed E-state index contributed by atoms with van der Waals surface area (Å²) in [6, 6.07) is 0. The van der Waals surface area contributed by atoms with Gasteiger partial charge in [0.15, 0.2) is 0 Å². The number of carbonyl (C=O) groups is 1. The minimum atomic E-state index is -0.168. The Morgan fingerprint density at radius 2 is 2.20 bits per heavy atom. The molecular weight excluding hydrogens is 192 g/mol. The molecule has 1 aliphatic carbocycles. The van der Waals surface area contributed by atoms with Crippen molar-refractivity contribution >= 4 is 5.91 Å². The quantitative estimate of drug-likeness (QED) is 0.710. The van der Waals surface area contributed by atoms with Crippen molar-refractivity contribution in [3.63, 3.8) is 0 Å². The molecule has 88 valence electrons. The summed E-state index contributed by atoms with van der Waals surface area (Å²) in [5, 5.41) is 0. The van der Waals surface area contributed by atoms with Crippen LogP contribution in [0.25, 0.3) is 0 Å². The van der Waals surface area contributed by atoms with E-state index >= 15 is 0 Å². The minimum absolute atomic E-state index is 0.168. The van der Waals surface area contributed by atoms with E-state index in [2.05, 4.69) is 0 Å². The first-order valence-electron chi connectivity index (χ1n) is 5.70. The predicted octanol–water partition coefficient (Wildman–Crippen LogP) is 0.753. The number of rotatable bonds is 6. The molecule has 1 saturated carbocycles. The molecule has 4 nitrogen and oxygen atoms in total. The second-order valence-electron chi connectivity index (χ2n) is 4.18. The highest BCUT2D eigenvalue weighted by atomic mass is 16.5. The van der Waals surface area contributed by atoms with Gasteiger partial charge in [0.1, 0.15) is 0 Å². The van der Waals surface area contributed by atoms with E-state index in [-0.39, 0.29) is 11.5 Å². The van der Waals surface area contributed by atoms with Crippen molar-refractivity contribution in [1.29, 1.82) is 0 Å². The second kappa shape index (κ2) is 5.47. The van der Waals surface area contributed by atoms with Crippen LogP contribution in [-0.2, 0) is 9.53 Å². The third-order valence-electron chi connectivity index (χ3n) is 3.30. The third kappa shape index (κ3) is 2.92. The van der Waals surface area contributed by atoms with Crippen LogP contribution in [0.1, 0.15) is 32.6 Å². The van der Waals surface area contributed by atoms with Crippen LogP contribution in [0.4, 0.5) is 0 Å². The molecule has 1 rings (SSSR count). The fourth-order valence-corrected chi connectivity index (χ4v) is 2.03. The van der Waals surface area contributed by atoms with E-state index in [9.17, 15) is 4.79 Å². The van der Waals surface area contributed by atoms with Crippen LogP contribution < -0.4 is 5.73 Å². The molecule has 0 aromatic carbocycles. The summed E-state index contributed by atoms with van der Waals surface area (Å²) in [5.41, 5.74) is 5.29. The fraction of sp³-hybridized carbons (Fsp3) is 0.909. The Balaban J connectivity index is 2.45. The number of nitrogens with two attached hydrogens (primary N) is 1. The normalized spacial score (nSPS) is 18.3. The number of amides is 1. The van der Waals surface area contributed by atoms with E-state index in [4.69, 9.17) is 10.5 Å². The van der Waals surface area contributed by atoms with Gasteiger partial charge in [-0.2, -0.15) is 0 Å². The number of hydrogen-bond donors (Lipinski definition) is 1. The zero-order chi connectivity index (χ0) is 11.3. The Hall–Kier alpha value is -0.610. The van der Waals surface area contributed by atoms with E-state index in [1.54, 1.807) is 12.0 Å². The molecule has 0 atom stereocenters.